The molecule has 6 heteroatoms. The van der Waals surface area contributed by atoms with E-state index >= 15 is 0 Å². The molecule has 0 spiro atoms. The maximum Gasteiger partial charge on any atom is 0.236 e. The summed E-state index contributed by atoms with van der Waals surface area (Å²) in [6.07, 6.45) is 3.54. The molecule has 2 fully saturated rings. The third-order valence-corrected chi connectivity index (χ3v) is 5.28. The molecule has 126 valence electrons. The molecule has 0 saturated carbocycles. The molecule has 2 heterocycles. The van der Waals surface area contributed by atoms with E-state index in [2.05, 4.69) is 4.90 Å². The number of ether oxygens (including phenoxy) is 1. The van der Waals surface area contributed by atoms with Gasteiger partial charge >= 0.3 is 0 Å². The Morgan fingerprint density at radius 3 is 2.65 bits per heavy atom. The Labute approximate surface area is 147 Å². The third kappa shape index (κ3) is 4.38. The number of halogens is 2. The highest BCUT2D eigenvalue weighted by molar-refractivity contribution is 6.42. The third-order valence-electron chi connectivity index (χ3n) is 4.54. The molecule has 0 bridgehead atoms. The predicted molar refractivity (Wildman–Crippen MR) is 92.0 cm³/mol. The summed E-state index contributed by atoms with van der Waals surface area (Å²) >= 11 is 12.1. The van der Waals surface area contributed by atoms with Crippen LogP contribution in [0, 0.1) is 0 Å². The lowest BCUT2D eigenvalue weighted by Crippen LogP contribution is -2.47. The van der Waals surface area contributed by atoms with Crippen molar-refractivity contribution in [2.75, 3.05) is 39.3 Å². The van der Waals surface area contributed by atoms with Crippen LogP contribution in [0.5, 0.6) is 0 Å². The molecular weight excluding hydrogens is 335 g/mol. The fourth-order valence-corrected chi connectivity index (χ4v) is 3.51. The highest BCUT2D eigenvalue weighted by Crippen LogP contribution is 2.29. The van der Waals surface area contributed by atoms with Crippen molar-refractivity contribution in [3.63, 3.8) is 0 Å². The average Bonchev–Trinajstić information content (AvgIpc) is 2.58. The van der Waals surface area contributed by atoms with E-state index in [9.17, 15) is 4.79 Å². The summed E-state index contributed by atoms with van der Waals surface area (Å²) in [7, 11) is 0. The minimum Gasteiger partial charge on any atom is -0.370 e. The van der Waals surface area contributed by atoms with Crippen molar-refractivity contribution in [3.8, 4) is 0 Å². The van der Waals surface area contributed by atoms with Crippen molar-refractivity contribution in [1.29, 1.82) is 0 Å². The molecule has 2 aliphatic heterocycles. The maximum absolute atomic E-state index is 12.5. The van der Waals surface area contributed by atoms with Crippen LogP contribution >= 0.6 is 23.2 Å². The summed E-state index contributed by atoms with van der Waals surface area (Å²) in [6, 6.07) is 5.52. The summed E-state index contributed by atoms with van der Waals surface area (Å²) in [5, 5.41) is 1.05. The van der Waals surface area contributed by atoms with Gasteiger partial charge in [-0.2, -0.15) is 0 Å². The molecule has 1 atom stereocenters. The van der Waals surface area contributed by atoms with Crippen LogP contribution in [-0.4, -0.2) is 55.0 Å². The van der Waals surface area contributed by atoms with Gasteiger partial charge in [0.1, 0.15) is 6.10 Å². The van der Waals surface area contributed by atoms with Crippen LogP contribution in [-0.2, 0) is 9.53 Å². The molecule has 1 aromatic rings. The molecule has 3 rings (SSSR count). The maximum atomic E-state index is 12.5. The molecule has 1 unspecified atom stereocenters. The summed E-state index contributed by atoms with van der Waals surface area (Å²) in [6.45, 7) is 4.37. The van der Waals surface area contributed by atoms with E-state index in [1.807, 2.05) is 17.0 Å². The Morgan fingerprint density at radius 2 is 1.91 bits per heavy atom. The molecule has 4 nitrogen and oxygen atoms in total. The SMILES string of the molecule is O=C(CN1CCCCC1)N1CCOC(c2ccc(Cl)c(Cl)c2)C1. The number of rotatable bonds is 3. The van der Waals surface area contributed by atoms with Gasteiger partial charge in [-0.25, -0.2) is 0 Å². The van der Waals surface area contributed by atoms with Crippen molar-refractivity contribution in [1.82, 2.24) is 9.80 Å². The zero-order chi connectivity index (χ0) is 16.2. The summed E-state index contributed by atoms with van der Waals surface area (Å²) in [5.41, 5.74) is 0.967. The number of benzene rings is 1. The summed E-state index contributed by atoms with van der Waals surface area (Å²) < 4.78 is 5.82. The van der Waals surface area contributed by atoms with Crippen molar-refractivity contribution in [2.45, 2.75) is 25.4 Å². The van der Waals surface area contributed by atoms with Crippen LogP contribution in [0.15, 0.2) is 18.2 Å². The first-order chi connectivity index (χ1) is 11.1. The van der Waals surface area contributed by atoms with Gasteiger partial charge in [0.15, 0.2) is 0 Å². The van der Waals surface area contributed by atoms with Crippen LogP contribution in [0.4, 0.5) is 0 Å². The fraction of sp³-hybridized carbons (Fsp3) is 0.588. The highest BCUT2D eigenvalue weighted by atomic mass is 35.5. The summed E-state index contributed by atoms with van der Waals surface area (Å²) in [5.74, 6) is 0.195. The van der Waals surface area contributed by atoms with E-state index < -0.39 is 0 Å². The van der Waals surface area contributed by atoms with E-state index in [4.69, 9.17) is 27.9 Å². The van der Waals surface area contributed by atoms with Crippen LogP contribution in [0.2, 0.25) is 10.0 Å². The quantitative estimate of drug-likeness (QED) is 0.832. The number of likely N-dealkylation sites (tertiary alicyclic amines) is 1. The van der Waals surface area contributed by atoms with Gasteiger partial charge in [-0.3, -0.25) is 9.69 Å². The molecule has 0 aromatic heterocycles. The number of piperidine rings is 1. The summed E-state index contributed by atoms with van der Waals surface area (Å²) in [4.78, 5) is 16.7. The van der Waals surface area contributed by atoms with E-state index in [1.165, 1.54) is 19.3 Å². The highest BCUT2D eigenvalue weighted by Gasteiger charge is 2.27. The molecule has 2 saturated heterocycles. The average molecular weight is 357 g/mol. The van der Waals surface area contributed by atoms with E-state index in [0.29, 0.717) is 36.3 Å². The number of nitrogens with zero attached hydrogens (tertiary/aromatic N) is 2. The van der Waals surface area contributed by atoms with E-state index in [1.54, 1.807) is 6.07 Å². The Kier molecular flexibility index (Phi) is 5.81. The largest absolute Gasteiger partial charge is 0.370 e. The normalized spacial score (nSPS) is 23.0. The number of morpholine rings is 1. The van der Waals surface area contributed by atoms with E-state index in [0.717, 1.165) is 18.7 Å². The lowest BCUT2D eigenvalue weighted by atomic mass is 10.1. The van der Waals surface area contributed by atoms with Gasteiger partial charge in [-0.05, 0) is 43.6 Å². The Hall–Kier alpha value is -0.810. The fourth-order valence-electron chi connectivity index (χ4n) is 3.20. The number of carbonyl (C=O) groups is 1. The van der Waals surface area contributed by atoms with Gasteiger partial charge in [0, 0.05) is 6.54 Å². The first-order valence-corrected chi connectivity index (χ1v) is 8.96. The zero-order valence-corrected chi connectivity index (χ0v) is 14.7. The van der Waals surface area contributed by atoms with Gasteiger partial charge in [0.25, 0.3) is 0 Å². The second-order valence-corrected chi connectivity index (χ2v) is 7.02. The van der Waals surface area contributed by atoms with Crippen LogP contribution in [0.3, 0.4) is 0 Å². The molecule has 23 heavy (non-hydrogen) atoms. The second-order valence-electron chi connectivity index (χ2n) is 6.21. The van der Waals surface area contributed by atoms with E-state index in [-0.39, 0.29) is 12.0 Å². The second kappa shape index (κ2) is 7.84. The van der Waals surface area contributed by atoms with Gasteiger partial charge in [0.05, 0.1) is 29.7 Å². The van der Waals surface area contributed by atoms with Crippen molar-refractivity contribution >= 4 is 29.1 Å². The molecule has 1 aromatic carbocycles. The molecule has 0 aliphatic carbocycles. The monoisotopic (exact) mass is 356 g/mol. The van der Waals surface area contributed by atoms with Crippen molar-refractivity contribution in [3.05, 3.63) is 33.8 Å². The van der Waals surface area contributed by atoms with Gasteiger partial charge in [-0.15, -0.1) is 0 Å². The Morgan fingerprint density at radius 1 is 1.13 bits per heavy atom. The molecular formula is C17H22Cl2N2O2. The predicted octanol–water partition coefficient (Wildman–Crippen LogP) is 3.38. The first kappa shape index (κ1) is 17.0. The van der Waals surface area contributed by atoms with Gasteiger partial charge < -0.3 is 9.64 Å². The lowest BCUT2D eigenvalue weighted by Gasteiger charge is -2.35. The van der Waals surface area contributed by atoms with Crippen LogP contribution in [0.25, 0.3) is 0 Å². The number of amides is 1. The molecule has 2 aliphatic rings. The Bertz CT molecular complexity index is 562. The first-order valence-electron chi connectivity index (χ1n) is 8.20. The van der Waals surface area contributed by atoms with Crippen LogP contribution in [0.1, 0.15) is 30.9 Å². The standard InChI is InChI=1S/C17H22Cl2N2O2/c18-14-5-4-13(10-15(14)19)16-11-21(8-9-23-16)17(22)12-20-6-2-1-3-7-20/h4-5,10,16H,1-3,6-9,11-12H2. The zero-order valence-electron chi connectivity index (χ0n) is 13.1. The number of hydrogen-bond donors (Lipinski definition) is 0. The molecule has 1 amide bonds. The Balaban J connectivity index is 1.60. The van der Waals surface area contributed by atoms with Gasteiger partial charge in [0.2, 0.25) is 5.91 Å². The minimum absolute atomic E-state index is 0.135. The molecule has 0 radical (unpaired) electrons. The topological polar surface area (TPSA) is 32.8 Å². The van der Waals surface area contributed by atoms with Gasteiger partial charge in [-0.1, -0.05) is 35.7 Å². The number of hydrogen-bond acceptors (Lipinski definition) is 3. The minimum atomic E-state index is -0.135. The van der Waals surface area contributed by atoms with Crippen LogP contribution < -0.4 is 0 Å². The smallest absolute Gasteiger partial charge is 0.236 e. The number of carbonyl (C=O) groups excluding carboxylic acids is 1. The lowest BCUT2D eigenvalue weighted by molar-refractivity contribution is -0.140. The van der Waals surface area contributed by atoms with Crippen molar-refractivity contribution < 1.29 is 9.53 Å². The molecule has 0 N–H and O–H groups in total. The van der Waals surface area contributed by atoms with Crippen molar-refractivity contribution in [2.24, 2.45) is 0 Å².